The van der Waals surface area contributed by atoms with Crippen molar-refractivity contribution in [3.05, 3.63) is 74.5 Å². The van der Waals surface area contributed by atoms with Crippen LogP contribution in [-0.4, -0.2) is 10.2 Å². The van der Waals surface area contributed by atoms with Crippen LogP contribution in [0.5, 0.6) is 0 Å². The zero-order chi connectivity index (χ0) is 13.8. The summed E-state index contributed by atoms with van der Waals surface area (Å²) in [5.41, 5.74) is 3.16. The van der Waals surface area contributed by atoms with Crippen molar-refractivity contribution in [1.29, 1.82) is 0 Å². The lowest BCUT2D eigenvalue weighted by molar-refractivity contribution is 1.08. The second-order valence-electron chi connectivity index (χ2n) is 3.07. The third kappa shape index (κ3) is 4.66. The monoisotopic (exact) mass is 240 g/mol. The lowest BCUT2D eigenvalue weighted by atomic mass is 10.1. The van der Waals surface area contributed by atoms with Gasteiger partial charge in [0, 0.05) is 5.56 Å². The number of allylic oxidation sites excluding steroid dienone is 1. The van der Waals surface area contributed by atoms with Gasteiger partial charge in [-0.15, -0.1) is 26.3 Å². The van der Waals surface area contributed by atoms with Crippen LogP contribution in [0.4, 0.5) is 0 Å². The molecule has 1 heterocycles. The Hall–Kier alpha value is -2.35. The van der Waals surface area contributed by atoms with Crippen LogP contribution in [0.15, 0.2) is 68.8 Å². The van der Waals surface area contributed by atoms with E-state index in [2.05, 4.69) is 48.6 Å². The molecule has 0 radical (unpaired) electrons. The molecule has 0 saturated heterocycles. The van der Waals surface area contributed by atoms with Gasteiger partial charge in [0.15, 0.2) is 0 Å². The fraction of sp³-hybridized carbons (Fsp3) is 0.0625. The van der Waals surface area contributed by atoms with Gasteiger partial charge in [0.1, 0.15) is 0 Å². The van der Waals surface area contributed by atoms with E-state index >= 15 is 0 Å². The van der Waals surface area contributed by atoms with Gasteiger partial charge in [0.25, 0.3) is 0 Å². The van der Waals surface area contributed by atoms with Crippen LogP contribution in [0.2, 0.25) is 0 Å². The number of H-pyrrole nitrogens is 1. The molecule has 18 heavy (non-hydrogen) atoms. The molecule has 0 fully saturated rings. The van der Waals surface area contributed by atoms with E-state index in [-0.39, 0.29) is 0 Å². The number of aromatic amines is 1. The number of nitrogens with zero attached hydrogens (tertiary/aromatic N) is 1. The van der Waals surface area contributed by atoms with Crippen LogP contribution in [0.25, 0.3) is 17.3 Å². The van der Waals surface area contributed by atoms with Gasteiger partial charge in [0.05, 0.1) is 11.4 Å². The first-order valence-electron chi connectivity index (χ1n) is 5.63. The first kappa shape index (κ1) is 15.7. The average molecular weight is 240 g/mol. The molecule has 1 aromatic heterocycles. The summed E-state index contributed by atoms with van der Waals surface area (Å²) in [6.45, 7) is 14.0. The van der Waals surface area contributed by atoms with E-state index in [1.165, 1.54) is 0 Å². The van der Waals surface area contributed by atoms with Gasteiger partial charge in [-0.1, -0.05) is 36.4 Å². The second kappa shape index (κ2) is 9.85. The van der Waals surface area contributed by atoms with Gasteiger partial charge in [-0.05, 0) is 19.1 Å². The van der Waals surface area contributed by atoms with Crippen molar-refractivity contribution in [1.82, 2.24) is 10.2 Å². The molecular formula is C16H20N2. The Bertz CT molecular complexity index is 453. The van der Waals surface area contributed by atoms with Crippen molar-refractivity contribution in [3.63, 3.8) is 0 Å². The standard InChI is InChI=1S/C12H12N2.2C2H4/c1-2-6-11-9-12(14-13-11)10-7-4-3-5-8-10;2*1-2/h2-9H,1H3,(H,13,14);2*1-2H2/b6-2+;;. The fourth-order valence-electron chi connectivity index (χ4n) is 1.36. The van der Waals surface area contributed by atoms with E-state index in [1.807, 2.05) is 43.3 Å². The van der Waals surface area contributed by atoms with Gasteiger partial charge in [-0.2, -0.15) is 5.10 Å². The Balaban J connectivity index is 0.000000659. The molecule has 0 unspecified atom stereocenters. The van der Waals surface area contributed by atoms with E-state index in [0.29, 0.717) is 0 Å². The fourth-order valence-corrected chi connectivity index (χ4v) is 1.36. The summed E-state index contributed by atoms with van der Waals surface area (Å²) in [5.74, 6) is 0. The molecule has 1 aromatic carbocycles. The molecule has 0 amide bonds. The molecule has 1 N–H and O–H groups in total. The van der Waals surface area contributed by atoms with Crippen molar-refractivity contribution in [2.75, 3.05) is 0 Å². The third-order valence-electron chi connectivity index (χ3n) is 2.01. The van der Waals surface area contributed by atoms with E-state index in [0.717, 1.165) is 17.0 Å². The van der Waals surface area contributed by atoms with E-state index in [1.54, 1.807) is 0 Å². The number of hydrogen-bond donors (Lipinski definition) is 1. The van der Waals surface area contributed by atoms with Crippen molar-refractivity contribution in [2.24, 2.45) is 0 Å². The molecule has 2 rings (SSSR count). The number of aromatic nitrogens is 2. The van der Waals surface area contributed by atoms with E-state index < -0.39 is 0 Å². The molecule has 2 nitrogen and oxygen atoms in total. The summed E-state index contributed by atoms with van der Waals surface area (Å²) in [6, 6.07) is 12.2. The summed E-state index contributed by atoms with van der Waals surface area (Å²) in [5, 5.41) is 7.20. The Morgan fingerprint density at radius 1 is 1.06 bits per heavy atom. The van der Waals surface area contributed by atoms with E-state index in [9.17, 15) is 0 Å². The molecule has 94 valence electrons. The highest BCUT2D eigenvalue weighted by atomic mass is 15.1. The predicted octanol–water partition coefficient (Wildman–Crippen LogP) is 4.71. The minimum absolute atomic E-state index is 0.985. The zero-order valence-electron chi connectivity index (χ0n) is 10.9. The Morgan fingerprint density at radius 3 is 2.22 bits per heavy atom. The minimum atomic E-state index is 0.985. The molecule has 0 aliphatic heterocycles. The van der Waals surface area contributed by atoms with Crippen LogP contribution >= 0.6 is 0 Å². The number of nitrogens with one attached hydrogen (secondary N) is 1. The number of benzene rings is 1. The van der Waals surface area contributed by atoms with Crippen LogP contribution in [0.1, 0.15) is 12.6 Å². The molecule has 0 aliphatic carbocycles. The largest absolute Gasteiger partial charge is 0.278 e. The molecule has 0 bridgehead atoms. The molecular weight excluding hydrogens is 220 g/mol. The van der Waals surface area contributed by atoms with Gasteiger partial charge in [0.2, 0.25) is 0 Å². The van der Waals surface area contributed by atoms with Crippen LogP contribution in [0, 0.1) is 0 Å². The maximum Gasteiger partial charge on any atom is 0.0926 e. The lowest BCUT2D eigenvalue weighted by Gasteiger charge is -1.92. The maximum atomic E-state index is 4.23. The Morgan fingerprint density at radius 2 is 1.67 bits per heavy atom. The average Bonchev–Trinajstić information content (AvgIpc) is 2.93. The van der Waals surface area contributed by atoms with Crippen molar-refractivity contribution >= 4 is 6.08 Å². The highest BCUT2D eigenvalue weighted by Crippen LogP contribution is 2.17. The first-order chi connectivity index (χ1) is 8.90. The number of rotatable bonds is 2. The van der Waals surface area contributed by atoms with Crippen molar-refractivity contribution in [3.8, 4) is 11.3 Å². The van der Waals surface area contributed by atoms with Gasteiger partial charge >= 0.3 is 0 Å². The topological polar surface area (TPSA) is 28.7 Å². The normalized spacial score (nSPS) is 8.94. The maximum absolute atomic E-state index is 4.23. The van der Waals surface area contributed by atoms with Crippen LogP contribution in [0.3, 0.4) is 0 Å². The van der Waals surface area contributed by atoms with Crippen LogP contribution < -0.4 is 0 Å². The minimum Gasteiger partial charge on any atom is -0.278 e. The lowest BCUT2D eigenvalue weighted by Crippen LogP contribution is -1.75. The molecule has 0 saturated carbocycles. The smallest absolute Gasteiger partial charge is 0.0926 e. The second-order valence-corrected chi connectivity index (χ2v) is 3.07. The summed E-state index contributed by atoms with van der Waals surface area (Å²) < 4.78 is 0. The zero-order valence-corrected chi connectivity index (χ0v) is 10.9. The predicted molar refractivity (Wildman–Crippen MR) is 81.2 cm³/mol. The summed E-state index contributed by atoms with van der Waals surface area (Å²) in [6.07, 6.45) is 3.99. The molecule has 2 heteroatoms. The van der Waals surface area contributed by atoms with Gasteiger partial charge in [-0.25, -0.2) is 0 Å². The third-order valence-corrected chi connectivity index (χ3v) is 2.01. The van der Waals surface area contributed by atoms with E-state index in [4.69, 9.17) is 0 Å². The molecule has 2 aromatic rings. The molecule has 0 spiro atoms. The Labute approximate surface area is 109 Å². The van der Waals surface area contributed by atoms with Crippen molar-refractivity contribution < 1.29 is 0 Å². The Kier molecular flexibility index (Phi) is 8.56. The molecule has 0 aliphatic rings. The SMILES string of the molecule is C/C=C/c1cc(-c2ccccc2)n[nH]1.C=C.C=C. The summed E-state index contributed by atoms with van der Waals surface area (Å²) >= 11 is 0. The summed E-state index contributed by atoms with van der Waals surface area (Å²) in [7, 11) is 0. The first-order valence-corrected chi connectivity index (χ1v) is 5.63. The summed E-state index contributed by atoms with van der Waals surface area (Å²) in [4.78, 5) is 0. The number of hydrogen-bond acceptors (Lipinski definition) is 1. The van der Waals surface area contributed by atoms with Crippen LogP contribution in [-0.2, 0) is 0 Å². The quantitative estimate of drug-likeness (QED) is 0.756. The van der Waals surface area contributed by atoms with Gasteiger partial charge in [-0.3, -0.25) is 5.10 Å². The molecule has 0 atom stereocenters. The highest BCUT2D eigenvalue weighted by molar-refractivity contribution is 5.62. The van der Waals surface area contributed by atoms with Crippen molar-refractivity contribution in [2.45, 2.75) is 6.92 Å². The highest BCUT2D eigenvalue weighted by Gasteiger charge is 1.99. The van der Waals surface area contributed by atoms with Gasteiger partial charge < -0.3 is 0 Å².